The Bertz CT molecular complexity index is 1050. The molecule has 0 spiro atoms. The van der Waals surface area contributed by atoms with Gasteiger partial charge in [-0.1, -0.05) is 6.07 Å². The van der Waals surface area contributed by atoms with Crippen molar-refractivity contribution in [2.24, 2.45) is 0 Å². The van der Waals surface area contributed by atoms with Crippen LogP contribution >= 0.6 is 0 Å². The monoisotopic (exact) mass is 454 g/mol. The van der Waals surface area contributed by atoms with Crippen LogP contribution < -0.4 is 14.2 Å². The molecule has 33 heavy (non-hydrogen) atoms. The number of nitrogens with zero attached hydrogens (tertiary/aromatic N) is 2. The highest BCUT2D eigenvalue weighted by Gasteiger charge is 2.46. The van der Waals surface area contributed by atoms with E-state index in [9.17, 15) is 14.7 Å². The zero-order valence-electron chi connectivity index (χ0n) is 19.6. The lowest BCUT2D eigenvalue weighted by molar-refractivity contribution is -0.139. The maximum atomic E-state index is 13.1. The van der Waals surface area contributed by atoms with Crippen LogP contribution in [0.5, 0.6) is 17.2 Å². The number of likely N-dealkylation sites (tertiary alicyclic amines) is 1. The Morgan fingerprint density at radius 3 is 2.21 bits per heavy atom. The molecular weight excluding hydrogens is 424 g/mol. The van der Waals surface area contributed by atoms with E-state index < -0.39 is 17.7 Å². The topological polar surface area (TPSA) is 88.5 Å². The van der Waals surface area contributed by atoms with Crippen LogP contribution in [-0.2, 0) is 9.59 Å². The zero-order valence-corrected chi connectivity index (χ0v) is 19.6. The highest BCUT2D eigenvalue weighted by molar-refractivity contribution is 6.46. The molecule has 1 fully saturated rings. The highest BCUT2D eigenvalue weighted by Crippen LogP contribution is 2.42. The number of hydrogen-bond acceptors (Lipinski definition) is 7. The summed E-state index contributed by atoms with van der Waals surface area (Å²) in [7, 11) is 8.50. The number of aliphatic hydroxyl groups excluding tert-OH is 1. The average Bonchev–Trinajstić information content (AvgIpc) is 3.08. The fraction of sp³-hybridized carbons (Fsp3) is 0.360. The van der Waals surface area contributed by atoms with Crippen LogP contribution in [-0.4, -0.2) is 75.1 Å². The summed E-state index contributed by atoms with van der Waals surface area (Å²) in [4.78, 5) is 29.7. The molecule has 1 aliphatic rings. The third kappa shape index (κ3) is 4.96. The van der Waals surface area contributed by atoms with E-state index in [4.69, 9.17) is 14.2 Å². The first-order valence-corrected chi connectivity index (χ1v) is 10.6. The first kappa shape index (κ1) is 24.1. The first-order chi connectivity index (χ1) is 15.8. The molecule has 1 aliphatic heterocycles. The Hall–Kier alpha value is -3.52. The van der Waals surface area contributed by atoms with E-state index in [2.05, 4.69) is 0 Å². The van der Waals surface area contributed by atoms with Gasteiger partial charge in [-0.05, 0) is 69.0 Å². The van der Waals surface area contributed by atoms with Crippen molar-refractivity contribution in [3.63, 3.8) is 0 Å². The molecule has 0 aliphatic carbocycles. The molecule has 1 atom stereocenters. The molecule has 176 valence electrons. The number of methoxy groups -OCH3 is 3. The van der Waals surface area contributed by atoms with Crippen LogP contribution in [0.15, 0.2) is 48.0 Å². The number of rotatable bonds is 9. The predicted molar refractivity (Wildman–Crippen MR) is 125 cm³/mol. The van der Waals surface area contributed by atoms with Crippen LogP contribution in [0.25, 0.3) is 5.76 Å². The molecule has 0 saturated carbocycles. The van der Waals surface area contributed by atoms with E-state index in [1.807, 2.05) is 19.0 Å². The van der Waals surface area contributed by atoms with Gasteiger partial charge in [-0.3, -0.25) is 9.59 Å². The number of amides is 1. The molecule has 0 unspecified atom stereocenters. The standard InChI is InChI=1S/C25H30N2O6/c1-26(2)13-6-14-27-22(17-9-12-19(32-4)20(15-17)33-5)21(24(29)25(27)30)23(28)16-7-10-18(31-3)11-8-16/h7-12,15,22,28H,6,13-14H2,1-5H3/t22-/m1/s1. The van der Waals surface area contributed by atoms with Crippen LogP contribution in [0.2, 0.25) is 0 Å². The predicted octanol–water partition coefficient (Wildman–Crippen LogP) is 3.09. The second kappa shape index (κ2) is 10.4. The number of Topliss-reactive ketones (excluding diaryl/α,β-unsaturated/α-hetero) is 1. The van der Waals surface area contributed by atoms with Gasteiger partial charge in [0.05, 0.1) is 32.9 Å². The largest absolute Gasteiger partial charge is 0.507 e. The van der Waals surface area contributed by atoms with Gasteiger partial charge in [-0.15, -0.1) is 0 Å². The first-order valence-electron chi connectivity index (χ1n) is 10.6. The molecule has 1 heterocycles. The van der Waals surface area contributed by atoms with E-state index in [0.717, 1.165) is 6.54 Å². The maximum absolute atomic E-state index is 13.1. The van der Waals surface area contributed by atoms with E-state index in [-0.39, 0.29) is 11.3 Å². The summed E-state index contributed by atoms with van der Waals surface area (Å²) < 4.78 is 15.9. The summed E-state index contributed by atoms with van der Waals surface area (Å²) >= 11 is 0. The maximum Gasteiger partial charge on any atom is 0.295 e. The Morgan fingerprint density at radius 1 is 0.970 bits per heavy atom. The molecule has 1 N–H and O–H groups in total. The number of carbonyl (C=O) groups is 2. The lowest BCUT2D eigenvalue weighted by Crippen LogP contribution is -2.32. The van der Waals surface area contributed by atoms with Gasteiger partial charge < -0.3 is 29.1 Å². The zero-order chi connectivity index (χ0) is 24.1. The van der Waals surface area contributed by atoms with Crippen molar-refractivity contribution < 1.29 is 28.9 Å². The summed E-state index contributed by atoms with van der Waals surface area (Å²) in [5, 5.41) is 11.1. The van der Waals surface area contributed by atoms with Gasteiger partial charge in [-0.25, -0.2) is 0 Å². The molecule has 3 rings (SSSR count). The van der Waals surface area contributed by atoms with E-state index >= 15 is 0 Å². The molecule has 1 amide bonds. The fourth-order valence-corrected chi connectivity index (χ4v) is 3.94. The van der Waals surface area contributed by atoms with Crippen molar-refractivity contribution in [2.75, 3.05) is 48.5 Å². The lowest BCUT2D eigenvalue weighted by Gasteiger charge is -2.26. The lowest BCUT2D eigenvalue weighted by atomic mass is 9.95. The van der Waals surface area contributed by atoms with Crippen LogP contribution in [0.4, 0.5) is 0 Å². The number of benzene rings is 2. The summed E-state index contributed by atoms with van der Waals surface area (Å²) in [6, 6.07) is 11.2. The van der Waals surface area contributed by atoms with Crippen molar-refractivity contribution in [3.8, 4) is 17.2 Å². The Labute approximate surface area is 194 Å². The third-order valence-electron chi connectivity index (χ3n) is 5.63. The van der Waals surface area contributed by atoms with Crippen molar-refractivity contribution in [1.82, 2.24) is 9.80 Å². The minimum Gasteiger partial charge on any atom is -0.507 e. The highest BCUT2D eigenvalue weighted by atomic mass is 16.5. The number of carbonyl (C=O) groups excluding carboxylic acids is 2. The molecule has 8 heteroatoms. The second-order valence-corrected chi connectivity index (χ2v) is 7.99. The Kier molecular flexibility index (Phi) is 7.60. The molecule has 0 aromatic heterocycles. The molecule has 1 saturated heterocycles. The summed E-state index contributed by atoms with van der Waals surface area (Å²) in [6.45, 7) is 1.11. The minimum absolute atomic E-state index is 0.0437. The molecule has 8 nitrogen and oxygen atoms in total. The molecule has 0 bridgehead atoms. The SMILES string of the molecule is COc1ccc(C(O)=C2C(=O)C(=O)N(CCCN(C)C)[C@@H]2c2ccc(OC)c(OC)c2)cc1. The molecule has 0 radical (unpaired) electrons. The van der Waals surface area contributed by atoms with Gasteiger partial charge in [-0.2, -0.15) is 0 Å². The quantitative estimate of drug-likeness (QED) is 0.354. The third-order valence-corrected chi connectivity index (χ3v) is 5.63. The number of ether oxygens (including phenoxy) is 3. The van der Waals surface area contributed by atoms with Gasteiger partial charge in [0.25, 0.3) is 11.7 Å². The van der Waals surface area contributed by atoms with Crippen LogP contribution in [0.3, 0.4) is 0 Å². The van der Waals surface area contributed by atoms with Crippen molar-refractivity contribution in [1.29, 1.82) is 0 Å². The van der Waals surface area contributed by atoms with Gasteiger partial charge in [0, 0.05) is 12.1 Å². The van der Waals surface area contributed by atoms with E-state index in [1.165, 1.54) is 19.1 Å². The fourth-order valence-electron chi connectivity index (χ4n) is 3.94. The minimum atomic E-state index is -0.755. The summed E-state index contributed by atoms with van der Waals surface area (Å²) in [5.74, 6) is 0.0360. The molecule has 2 aromatic rings. The van der Waals surface area contributed by atoms with Gasteiger partial charge in [0.2, 0.25) is 0 Å². The normalized spacial score (nSPS) is 17.5. The second-order valence-electron chi connectivity index (χ2n) is 7.99. The molecule has 2 aromatic carbocycles. The van der Waals surface area contributed by atoms with Crippen LogP contribution in [0.1, 0.15) is 23.6 Å². The van der Waals surface area contributed by atoms with Crippen molar-refractivity contribution in [3.05, 3.63) is 59.2 Å². The Balaban J connectivity index is 2.12. The van der Waals surface area contributed by atoms with Crippen molar-refractivity contribution in [2.45, 2.75) is 12.5 Å². The van der Waals surface area contributed by atoms with Crippen molar-refractivity contribution >= 4 is 17.4 Å². The summed E-state index contributed by atoms with van der Waals surface area (Å²) in [6.07, 6.45) is 0.673. The average molecular weight is 455 g/mol. The number of hydrogen-bond donors (Lipinski definition) is 1. The molecular formula is C25H30N2O6. The van der Waals surface area contributed by atoms with E-state index in [1.54, 1.807) is 49.6 Å². The van der Waals surface area contributed by atoms with Crippen LogP contribution in [0, 0.1) is 0 Å². The summed E-state index contributed by atoms with van der Waals surface area (Å²) in [5.41, 5.74) is 1.11. The number of aliphatic hydroxyl groups is 1. The van der Waals surface area contributed by atoms with E-state index in [0.29, 0.717) is 41.3 Å². The number of ketones is 1. The van der Waals surface area contributed by atoms with Gasteiger partial charge in [0.15, 0.2) is 11.5 Å². The van der Waals surface area contributed by atoms with Gasteiger partial charge in [0.1, 0.15) is 11.5 Å². The van der Waals surface area contributed by atoms with Gasteiger partial charge >= 0.3 is 0 Å². The Morgan fingerprint density at radius 2 is 1.64 bits per heavy atom. The smallest absolute Gasteiger partial charge is 0.295 e.